The Morgan fingerprint density at radius 2 is 1.79 bits per heavy atom. The van der Waals surface area contributed by atoms with Gasteiger partial charge in [0, 0.05) is 11.7 Å². The predicted molar refractivity (Wildman–Crippen MR) is 105 cm³/mol. The average Bonchev–Trinajstić information content (AvgIpc) is 3.20. The van der Waals surface area contributed by atoms with Gasteiger partial charge in [-0.3, -0.25) is 4.79 Å². The van der Waals surface area contributed by atoms with Crippen LogP contribution in [0.3, 0.4) is 0 Å². The number of hydrogen-bond acceptors (Lipinski definition) is 5. The highest BCUT2D eigenvalue weighted by atomic mass is 16.5. The molecule has 0 aliphatic carbocycles. The summed E-state index contributed by atoms with van der Waals surface area (Å²) in [5, 5.41) is 4.05. The third-order valence-electron chi connectivity index (χ3n) is 4.15. The molecular weight excluding hydrogens is 356 g/mol. The van der Waals surface area contributed by atoms with Gasteiger partial charge in [-0.1, -0.05) is 30.3 Å². The van der Waals surface area contributed by atoms with Crippen LogP contribution in [0.1, 0.15) is 29.8 Å². The molecule has 144 valence electrons. The van der Waals surface area contributed by atoms with E-state index in [4.69, 9.17) is 4.74 Å². The van der Waals surface area contributed by atoms with Crippen molar-refractivity contribution in [3.05, 3.63) is 78.4 Å². The van der Waals surface area contributed by atoms with Crippen LogP contribution in [-0.4, -0.2) is 39.3 Å². The molecule has 1 amide bonds. The van der Waals surface area contributed by atoms with Gasteiger partial charge in [0.05, 0.1) is 12.1 Å². The van der Waals surface area contributed by atoms with Crippen LogP contribution in [0.15, 0.2) is 67.3 Å². The van der Waals surface area contributed by atoms with Crippen LogP contribution in [0.25, 0.3) is 0 Å². The Labute approximate surface area is 163 Å². The van der Waals surface area contributed by atoms with E-state index in [1.807, 2.05) is 56.3 Å². The molecule has 2 aromatic carbocycles. The van der Waals surface area contributed by atoms with Crippen molar-refractivity contribution in [2.45, 2.75) is 26.4 Å². The first-order valence-electron chi connectivity index (χ1n) is 9.00. The number of amides is 1. The lowest BCUT2D eigenvalue weighted by atomic mass is 10.1. The van der Waals surface area contributed by atoms with Gasteiger partial charge in [-0.2, -0.15) is 5.10 Å². The van der Waals surface area contributed by atoms with E-state index in [0.29, 0.717) is 12.1 Å². The van der Waals surface area contributed by atoms with Gasteiger partial charge < -0.3 is 9.64 Å². The Balaban J connectivity index is 1.59. The van der Waals surface area contributed by atoms with Gasteiger partial charge in [0.1, 0.15) is 12.7 Å². The first kappa shape index (κ1) is 19.3. The molecule has 0 bridgehead atoms. The van der Waals surface area contributed by atoms with Crippen LogP contribution in [0, 0.1) is 0 Å². The van der Waals surface area contributed by atoms with Crippen molar-refractivity contribution >= 4 is 17.6 Å². The molecule has 0 spiro atoms. The quantitative estimate of drug-likeness (QED) is 0.591. The lowest BCUT2D eigenvalue weighted by Crippen LogP contribution is -2.39. The summed E-state index contributed by atoms with van der Waals surface area (Å²) in [6.07, 6.45) is 3.10. The molecule has 0 aliphatic rings. The van der Waals surface area contributed by atoms with Crippen LogP contribution < -0.4 is 4.90 Å². The molecule has 28 heavy (non-hydrogen) atoms. The predicted octanol–water partition coefficient (Wildman–Crippen LogP) is 2.92. The molecule has 0 unspecified atom stereocenters. The van der Waals surface area contributed by atoms with E-state index < -0.39 is 5.97 Å². The summed E-state index contributed by atoms with van der Waals surface area (Å²) in [4.78, 5) is 30.4. The molecule has 0 N–H and O–H groups in total. The van der Waals surface area contributed by atoms with Crippen molar-refractivity contribution in [2.24, 2.45) is 0 Å². The summed E-state index contributed by atoms with van der Waals surface area (Å²) in [5.41, 5.74) is 2.15. The lowest BCUT2D eigenvalue weighted by Gasteiger charge is -2.26. The zero-order valence-electron chi connectivity index (χ0n) is 15.9. The topological polar surface area (TPSA) is 77.3 Å². The number of carbonyl (C=O) groups excluding carboxylic acids is 2. The number of rotatable bonds is 7. The number of aromatic nitrogens is 3. The molecule has 0 aliphatic heterocycles. The van der Waals surface area contributed by atoms with Crippen LogP contribution >= 0.6 is 0 Å². The van der Waals surface area contributed by atoms with Gasteiger partial charge in [0.2, 0.25) is 0 Å². The zero-order valence-corrected chi connectivity index (χ0v) is 15.9. The van der Waals surface area contributed by atoms with Gasteiger partial charge in [-0.25, -0.2) is 14.5 Å². The Bertz CT molecular complexity index is 907. The summed E-state index contributed by atoms with van der Waals surface area (Å²) in [6, 6.07) is 16.3. The summed E-state index contributed by atoms with van der Waals surface area (Å²) in [5.74, 6) is -0.797. The van der Waals surface area contributed by atoms with E-state index in [0.717, 1.165) is 11.3 Å². The summed E-state index contributed by atoms with van der Waals surface area (Å²) in [6.45, 7) is 4.09. The number of anilines is 1. The summed E-state index contributed by atoms with van der Waals surface area (Å²) in [7, 11) is 0. The molecule has 0 saturated heterocycles. The third-order valence-corrected chi connectivity index (χ3v) is 4.15. The first-order chi connectivity index (χ1) is 13.5. The molecule has 7 nitrogen and oxygen atoms in total. The van der Waals surface area contributed by atoms with Crippen molar-refractivity contribution in [1.82, 2.24) is 14.8 Å². The van der Waals surface area contributed by atoms with Gasteiger partial charge in [-0.15, -0.1) is 0 Å². The van der Waals surface area contributed by atoms with Crippen molar-refractivity contribution in [3.63, 3.8) is 0 Å². The monoisotopic (exact) mass is 378 g/mol. The Kier molecular flexibility index (Phi) is 6.16. The Morgan fingerprint density at radius 3 is 2.39 bits per heavy atom. The minimum absolute atomic E-state index is 0.0512. The molecule has 1 heterocycles. The molecule has 1 aromatic heterocycles. The van der Waals surface area contributed by atoms with Crippen LogP contribution in [-0.2, 0) is 16.1 Å². The highest BCUT2D eigenvalue weighted by molar-refractivity contribution is 5.97. The first-order valence-corrected chi connectivity index (χ1v) is 9.00. The molecule has 3 aromatic rings. The Morgan fingerprint density at radius 1 is 1.07 bits per heavy atom. The van der Waals surface area contributed by atoms with Gasteiger partial charge in [0.25, 0.3) is 5.91 Å². The van der Waals surface area contributed by atoms with Crippen molar-refractivity contribution < 1.29 is 14.3 Å². The molecule has 3 rings (SSSR count). The largest absolute Gasteiger partial charge is 0.452 e. The van der Waals surface area contributed by atoms with Crippen LogP contribution in [0.5, 0.6) is 0 Å². The molecule has 0 atom stereocenters. The SMILES string of the molecule is CC(C)N(C(=O)COC(=O)c1ccc(Cn2cncn2)cc1)c1ccccc1. The fourth-order valence-corrected chi connectivity index (χ4v) is 2.85. The fourth-order valence-electron chi connectivity index (χ4n) is 2.85. The minimum atomic E-state index is -0.530. The second-order valence-corrected chi connectivity index (χ2v) is 6.56. The number of benzene rings is 2. The molecule has 0 saturated carbocycles. The van der Waals surface area contributed by atoms with E-state index in [9.17, 15) is 9.59 Å². The van der Waals surface area contributed by atoms with Gasteiger partial charge in [0.15, 0.2) is 6.61 Å². The number of nitrogens with zero attached hydrogens (tertiary/aromatic N) is 4. The average molecular weight is 378 g/mol. The Hall–Kier alpha value is -3.48. The second kappa shape index (κ2) is 8.94. The van der Waals surface area contributed by atoms with Crippen molar-refractivity contribution in [3.8, 4) is 0 Å². The fraction of sp³-hybridized carbons (Fsp3) is 0.238. The molecule has 0 radical (unpaired) electrons. The maximum atomic E-state index is 12.6. The number of hydrogen-bond donors (Lipinski definition) is 0. The third kappa shape index (κ3) is 4.82. The highest BCUT2D eigenvalue weighted by Gasteiger charge is 2.20. The van der Waals surface area contributed by atoms with Crippen LogP contribution in [0.2, 0.25) is 0 Å². The number of esters is 1. The van der Waals surface area contributed by atoms with Gasteiger partial charge >= 0.3 is 5.97 Å². The number of carbonyl (C=O) groups is 2. The standard InChI is InChI=1S/C21H22N4O3/c1-16(2)25(19-6-4-3-5-7-19)20(26)13-28-21(27)18-10-8-17(9-11-18)12-24-15-22-14-23-24/h3-11,14-16H,12-13H2,1-2H3. The zero-order chi connectivity index (χ0) is 19.9. The van der Waals surface area contributed by atoms with Crippen molar-refractivity contribution in [1.29, 1.82) is 0 Å². The maximum absolute atomic E-state index is 12.6. The van der Waals surface area contributed by atoms with E-state index in [2.05, 4.69) is 10.1 Å². The summed E-state index contributed by atoms with van der Waals surface area (Å²) >= 11 is 0. The molecule has 7 heteroatoms. The van der Waals surface area contributed by atoms with E-state index in [-0.39, 0.29) is 18.6 Å². The van der Waals surface area contributed by atoms with Crippen molar-refractivity contribution in [2.75, 3.05) is 11.5 Å². The smallest absolute Gasteiger partial charge is 0.338 e. The number of para-hydroxylation sites is 1. The van der Waals surface area contributed by atoms with E-state index in [1.165, 1.54) is 6.33 Å². The van der Waals surface area contributed by atoms with E-state index >= 15 is 0 Å². The normalized spacial score (nSPS) is 10.7. The van der Waals surface area contributed by atoms with Gasteiger partial charge in [-0.05, 0) is 43.7 Å². The van der Waals surface area contributed by atoms with Crippen LogP contribution in [0.4, 0.5) is 5.69 Å². The molecular formula is C21H22N4O3. The molecule has 0 fully saturated rings. The van der Waals surface area contributed by atoms with E-state index in [1.54, 1.807) is 28.0 Å². The second-order valence-electron chi connectivity index (χ2n) is 6.56. The minimum Gasteiger partial charge on any atom is -0.452 e. The summed E-state index contributed by atoms with van der Waals surface area (Å²) < 4.78 is 6.92. The highest BCUT2D eigenvalue weighted by Crippen LogP contribution is 2.17. The number of ether oxygens (including phenoxy) is 1. The lowest BCUT2D eigenvalue weighted by molar-refractivity contribution is -0.122. The maximum Gasteiger partial charge on any atom is 0.338 e.